The number of nitrogens with one attached hydrogen (secondary N) is 2. The summed E-state index contributed by atoms with van der Waals surface area (Å²) >= 11 is 5.94. The van der Waals surface area contributed by atoms with Crippen LogP contribution in [0.1, 0.15) is 39.3 Å². The Balaban J connectivity index is 2.70. The van der Waals surface area contributed by atoms with Crippen LogP contribution in [0, 0.1) is 0 Å². The highest BCUT2D eigenvalue weighted by atomic mass is 35.5. The first-order valence-electron chi connectivity index (χ1n) is 6.18. The average Bonchev–Trinajstić information content (AvgIpc) is 2.28. The number of likely N-dealkylation sites (N-methyl/N-ethyl adjacent to an activating group) is 1. The number of halogens is 1. The van der Waals surface area contributed by atoms with Crippen LogP contribution >= 0.6 is 11.6 Å². The molecule has 4 heteroatoms. The molecule has 0 aliphatic carbocycles. The van der Waals surface area contributed by atoms with Gasteiger partial charge in [-0.2, -0.15) is 0 Å². The van der Waals surface area contributed by atoms with E-state index in [1.54, 1.807) is 0 Å². The number of hydrogen-bond donors (Lipinski definition) is 2. The predicted molar refractivity (Wildman–Crippen MR) is 75.8 cm³/mol. The van der Waals surface area contributed by atoms with Gasteiger partial charge in [-0.25, -0.2) is 0 Å². The lowest BCUT2D eigenvalue weighted by molar-refractivity contribution is -0.127. The van der Waals surface area contributed by atoms with Gasteiger partial charge in [0.05, 0.1) is 11.6 Å². The summed E-state index contributed by atoms with van der Waals surface area (Å²) in [6, 6.07) is 7.47. The highest BCUT2D eigenvalue weighted by Gasteiger charge is 2.27. The fourth-order valence-electron chi connectivity index (χ4n) is 1.76. The third-order valence-corrected chi connectivity index (χ3v) is 3.12. The molecule has 0 spiro atoms. The Kier molecular flexibility index (Phi) is 5.17. The molecule has 0 saturated heterocycles. The molecule has 1 rings (SSSR count). The van der Waals surface area contributed by atoms with Crippen molar-refractivity contribution in [3.05, 3.63) is 34.9 Å². The summed E-state index contributed by atoms with van der Waals surface area (Å²) in [6.07, 6.45) is 0. The van der Waals surface area contributed by atoms with Crippen molar-refractivity contribution in [2.24, 2.45) is 0 Å². The van der Waals surface area contributed by atoms with Crippen molar-refractivity contribution in [3.63, 3.8) is 0 Å². The van der Waals surface area contributed by atoms with Crippen molar-refractivity contribution >= 4 is 17.5 Å². The van der Waals surface area contributed by atoms with Crippen molar-refractivity contribution < 1.29 is 4.79 Å². The standard InChI is InChI=1S/C14H21ClN2O/c1-5-16-14(3,4)13(18)17-10(2)11-7-6-8-12(15)9-11/h6-10,16H,5H2,1-4H3,(H,17,18)/t10-/m1/s1. The van der Waals surface area contributed by atoms with Crippen LogP contribution in [0.15, 0.2) is 24.3 Å². The number of hydrogen-bond acceptors (Lipinski definition) is 2. The van der Waals surface area contributed by atoms with Crippen molar-refractivity contribution in [3.8, 4) is 0 Å². The molecule has 0 saturated carbocycles. The van der Waals surface area contributed by atoms with Gasteiger partial charge in [-0.15, -0.1) is 0 Å². The van der Waals surface area contributed by atoms with Gasteiger partial charge >= 0.3 is 0 Å². The Morgan fingerprint density at radius 1 is 1.44 bits per heavy atom. The molecule has 0 fully saturated rings. The summed E-state index contributed by atoms with van der Waals surface area (Å²) in [7, 11) is 0. The van der Waals surface area contributed by atoms with Crippen LogP contribution in [0.25, 0.3) is 0 Å². The van der Waals surface area contributed by atoms with Gasteiger partial charge < -0.3 is 10.6 Å². The molecular formula is C14H21ClN2O. The Bertz CT molecular complexity index is 418. The molecule has 0 aliphatic heterocycles. The van der Waals surface area contributed by atoms with Gasteiger partial charge in [-0.3, -0.25) is 4.79 Å². The zero-order chi connectivity index (χ0) is 13.8. The number of amides is 1. The molecule has 0 bridgehead atoms. The van der Waals surface area contributed by atoms with E-state index in [2.05, 4.69) is 10.6 Å². The first kappa shape index (κ1) is 15.0. The van der Waals surface area contributed by atoms with Crippen molar-refractivity contribution in [2.45, 2.75) is 39.3 Å². The Hall–Kier alpha value is -1.06. The SMILES string of the molecule is CCNC(C)(C)C(=O)N[C@H](C)c1cccc(Cl)c1. The normalized spacial score (nSPS) is 13.2. The Morgan fingerprint density at radius 3 is 2.67 bits per heavy atom. The molecule has 0 unspecified atom stereocenters. The highest BCUT2D eigenvalue weighted by molar-refractivity contribution is 6.30. The second kappa shape index (κ2) is 6.21. The fraction of sp³-hybridized carbons (Fsp3) is 0.500. The average molecular weight is 269 g/mol. The molecule has 1 aromatic carbocycles. The molecule has 1 atom stereocenters. The molecular weight excluding hydrogens is 248 g/mol. The molecule has 1 aromatic rings. The third-order valence-electron chi connectivity index (χ3n) is 2.88. The summed E-state index contributed by atoms with van der Waals surface area (Å²) in [5, 5.41) is 6.82. The smallest absolute Gasteiger partial charge is 0.240 e. The van der Waals surface area contributed by atoms with E-state index in [1.165, 1.54) is 0 Å². The Morgan fingerprint density at radius 2 is 2.11 bits per heavy atom. The van der Waals surface area contributed by atoms with Crippen LogP contribution in [-0.4, -0.2) is 18.0 Å². The number of carbonyl (C=O) groups excluding carboxylic acids is 1. The molecule has 18 heavy (non-hydrogen) atoms. The van der Waals surface area contributed by atoms with Crippen LogP contribution in [0.4, 0.5) is 0 Å². The summed E-state index contributed by atoms with van der Waals surface area (Å²) in [4.78, 5) is 12.1. The lowest BCUT2D eigenvalue weighted by Gasteiger charge is -2.27. The summed E-state index contributed by atoms with van der Waals surface area (Å²) in [5.41, 5.74) is 0.435. The summed E-state index contributed by atoms with van der Waals surface area (Å²) < 4.78 is 0. The highest BCUT2D eigenvalue weighted by Crippen LogP contribution is 2.18. The first-order chi connectivity index (χ1) is 8.36. The quantitative estimate of drug-likeness (QED) is 0.862. The lowest BCUT2D eigenvalue weighted by atomic mass is 10.0. The molecule has 2 N–H and O–H groups in total. The Labute approximate surface area is 114 Å². The van der Waals surface area contributed by atoms with Crippen LogP contribution in [0.5, 0.6) is 0 Å². The maximum Gasteiger partial charge on any atom is 0.240 e. The zero-order valence-electron chi connectivity index (χ0n) is 11.4. The minimum absolute atomic E-state index is 0.0168. The molecule has 1 amide bonds. The number of benzene rings is 1. The van der Waals surface area contributed by atoms with Gasteiger partial charge in [-0.1, -0.05) is 30.7 Å². The fourth-order valence-corrected chi connectivity index (χ4v) is 1.96. The number of carbonyl (C=O) groups is 1. The molecule has 0 aliphatic rings. The van der Waals surface area contributed by atoms with E-state index in [9.17, 15) is 4.79 Å². The maximum absolute atomic E-state index is 12.1. The second-order valence-corrected chi connectivity index (χ2v) is 5.34. The summed E-state index contributed by atoms with van der Waals surface area (Å²) in [6.45, 7) is 8.43. The minimum Gasteiger partial charge on any atom is -0.348 e. The summed E-state index contributed by atoms with van der Waals surface area (Å²) in [5.74, 6) is -0.0168. The lowest BCUT2D eigenvalue weighted by Crippen LogP contribution is -2.52. The molecule has 0 radical (unpaired) electrons. The molecule has 100 valence electrons. The van der Waals surface area contributed by atoms with Crippen LogP contribution in [0.3, 0.4) is 0 Å². The van der Waals surface area contributed by atoms with Crippen LogP contribution in [-0.2, 0) is 4.79 Å². The van der Waals surface area contributed by atoms with E-state index in [0.29, 0.717) is 5.02 Å². The van der Waals surface area contributed by atoms with E-state index >= 15 is 0 Å². The minimum atomic E-state index is -0.568. The van der Waals surface area contributed by atoms with Gasteiger partial charge in [-0.05, 0) is 45.0 Å². The molecule has 0 aromatic heterocycles. The van der Waals surface area contributed by atoms with Crippen LogP contribution in [0.2, 0.25) is 5.02 Å². The predicted octanol–water partition coefficient (Wildman–Crippen LogP) is 2.91. The van der Waals surface area contributed by atoms with Gasteiger partial charge in [0.25, 0.3) is 0 Å². The topological polar surface area (TPSA) is 41.1 Å². The van der Waals surface area contributed by atoms with Gasteiger partial charge in [0.1, 0.15) is 0 Å². The van der Waals surface area contributed by atoms with E-state index in [-0.39, 0.29) is 11.9 Å². The maximum atomic E-state index is 12.1. The monoisotopic (exact) mass is 268 g/mol. The van der Waals surface area contributed by atoms with Gasteiger partial charge in [0.2, 0.25) is 5.91 Å². The second-order valence-electron chi connectivity index (χ2n) is 4.91. The van der Waals surface area contributed by atoms with Crippen molar-refractivity contribution in [2.75, 3.05) is 6.54 Å². The molecule has 3 nitrogen and oxygen atoms in total. The van der Waals surface area contributed by atoms with Crippen LogP contribution < -0.4 is 10.6 Å². The number of rotatable bonds is 5. The first-order valence-corrected chi connectivity index (χ1v) is 6.56. The van der Waals surface area contributed by atoms with Gasteiger partial charge in [0.15, 0.2) is 0 Å². The van der Waals surface area contributed by atoms with E-state index in [4.69, 9.17) is 11.6 Å². The largest absolute Gasteiger partial charge is 0.348 e. The van der Waals surface area contributed by atoms with E-state index in [0.717, 1.165) is 12.1 Å². The van der Waals surface area contributed by atoms with Crippen molar-refractivity contribution in [1.29, 1.82) is 0 Å². The van der Waals surface area contributed by atoms with Crippen molar-refractivity contribution in [1.82, 2.24) is 10.6 Å². The molecule has 0 heterocycles. The van der Waals surface area contributed by atoms with Gasteiger partial charge in [0, 0.05) is 5.02 Å². The van der Waals surface area contributed by atoms with E-state index < -0.39 is 5.54 Å². The zero-order valence-corrected chi connectivity index (χ0v) is 12.1. The van der Waals surface area contributed by atoms with E-state index in [1.807, 2.05) is 52.0 Å². The third kappa shape index (κ3) is 4.00.